The van der Waals surface area contributed by atoms with Gasteiger partial charge in [-0.05, 0) is 64.4 Å². The zero-order chi connectivity index (χ0) is 14.0. The van der Waals surface area contributed by atoms with Crippen molar-refractivity contribution in [3.05, 3.63) is 67.2 Å². The van der Waals surface area contributed by atoms with Crippen molar-refractivity contribution in [2.45, 2.75) is 11.8 Å². The van der Waals surface area contributed by atoms with Gasteiger partial charge in [-0.15, -0.1) is 11.6 Å². The Kier molecular flexibility index (Phi) is 5.20. The quantitative estimate of drug-likeness (QED) is 0.400. The van der Waals surface area contributed by atoms with E-state index in [0.29, 0.717) is 0 Å². The third kappa shape index (κ3) is 3.67. The second-order valence-electron chi connectivity index (χ2n) is 4.05. The van der Waals surface area contributed by atoms with Gasteiger partial charge in [0, 0.05) is 8.04 Å². The molecule has 0 aliphatic carbocycles. The molecule has 0 N–H and O–H groups in total. The van der Waals surface area contributed by atoms with Gasteiger partial charge >= 0.3 is 0 Å². The van der Waals surface area contributed by atoms with Crippen LogP contribution in [-0.2, 0) is 6.42 Å². The molecule has 2 rings (SSSR count). The maximum absolute atomic E-state index is 13.6. The van der Waals surface area contributed by atoms with Gasteiger partial charge in [-0.3, -0.25) is 0 Å². The fraction of sp³-hybridized carbons (Fsp3) is 0.143. The van der Waals surface area contributed by atoms with Crippen LogP contribution in [0.2, 0.25) is 0 Å². The van der Waals surface area contributed by atoms with Gasteiger partial charge in [0.2, 0.25) is 0 Å². The SMILES string of the molecule is Fc1cccc(CC(Cl)c2cc(I)ccc2Br)c1F. The van der Waals surface area contributed by atoms with Crippen molar-refractivity contribution in [1.29, 1.82) is 0 Å². The van der Waals surface area contributed by atoms with Crippen LogP contribution in [0, 0.1) is 15.2 Å². The van der Waals surface area contributed by atoms with E-state index in [0.717, 1.165) is 19.7 Å². The second kappa shape index (κ2) is 6.50. The Hall–Kier alpha value is -0.200. The monoisotopic (exact) mass is 456 g/mol. The van der Waals surface area contributed by atoms with E-state index >= 15 is 0 Å². The predicted octanol–water partition coefficient (Wildman–Crippen LogP) is 5.85. The highest BCUT2D eigenvalue weighted by molar-refractivity contribution is 14.1. The van der Waals surface area contributed by atoms with Gasteiger partial charge in [-0.1, -0.05) is 28.1 Å². The van der Waals surface area contributed by atoms with Crippen LogP contribution in [0.3, 0.4) is 0 Å². The normalized spacial score (nSPS) is 12.5. The van der Waals surface area contributed by atoms with Gasteiger partial charge < -0.3 is 0 Å². The molecule has 2 aromatic rings. The van der Waals surface area contributed by atoms with Gasteiger partial charge in [0.05, 0.1) is 5.38 Å². The summed E-state index contributed by atoms with van der Waals surface area (Å²) in [5, 5.41) is -0.416. The largest absolute Gasteiger partial charge is 0.204 e. The lowest BCUT2D eigenvalue weighted by Gasteiger charge is -2.13. The van der Waals surface area contributed by atoms with Crippen LogP contribution in [0.1, 0.15) is 16.5 Å². The smallest absolute Gasteiger partial charge is 0.162 e. The van der Waals surface area contributed by atoms with Crippen LogP contribution in [0.15, 0.2) is 40.9 Å². The minimum atomic E-state index is -0.844. The highest BCUT2D eigenvalue weighted by Gasteiger charge is 2.16. The lowest BCUT2D eigenvalue weighted by atomic mass is 10.0. The molecule has 0 spiro atoms. The van der Waals surface area contributed by atoms with Gasteiger partial charge in [0.25, 0.3) is 0 Å². The summed E-state index contributed by atoms with van der Waals surface area (Å²) in [6.45, 7) is 0. The molecule has 0 fully saturated rings. The minimum absolute atomic E-state index is 0.240. The standard InChI is InChI=1S/C14H9BrClF2I/c15-11-5-4-9(19)7-10(11)12(16)6-8-2-1-3-13(17)14(8)18/h1-5,7,12H,6H2. The molecule has 0 amide bonds. The number of alkyl halides is 1. The van der Waals surface area contributed by atoms with Crippen LogP contribution in [-0.4, -0.2) is 0 Å². The number of hydrogen-bond donors (Lipinski definition) is 0. The maximum atomic E-state index is 13.6. The summed E-state index contributed by atoms with van der Waals surface area (Å²) in [6, 6.07) is 9.91. The molecule has 0 aliphatic rings. The molecule has 0 bridgehead atoms. The predicted molar refractivity (Wildman–Crippen MR) is 85.5 cm³/mol. The summed E-state index contributed by atoms with van der Waals surface area (Å²) in [7, 11) is 0. The van der Waals surface area contributed by atoms with Crippen molar-refractivity contribution in [1.82, 2.24) is 0 Å². The second-order valence-corrected chi connectivity index (χ2v) is 6.68. The first-order chi connectivity index (χ1) is 8.99. The number of rotatable bonds is 3. The number of halogens is 5. The van der Waals surface area contributed by atoms with Crippen molar-refractivity contribution in [3.63, 3.8) is 0 Å². The van der Waals surface area contributed by atoms with Crippen molar-refractivity contribution < 1.29 is 8.78 Å². The summed E-state index contributed by atoms with van der Waals surface area (Å²) in [5.74, 6) is -1.67. The molecule has 0 nitrogen and oxygen atoms in total. The lowest BCUT2D eigenvalue weighted by molar-refractivity contribution is 0.498. The summed E-state index contributed by atoms with van der Waals surface area (Å²) < 4.78 is 28.7. The third-order valence-electron chi connectivity index (χ3n) is 2.73. The molecule has 0 aliphatic heterocycles. The molecule has 0 heterocycles. The van der Waals surface area contributed by atoms with E-state index < -0.39 is 17.0 Å². The zero-order valence-corrected chi connectivity index (χ0v) is 14.1. The Labute approximate surface area is 137 Å². The van der Waals surface area contributed by atoms with Gasteiger partial charge in [-0.2, -0.15) is 0 Å². The first-order valence-electron chi connectivity index (χ1n) is 5.51. The Morgan fingerprint density at radius 3 is 2.68 bits per heavy atom. The topological polar surface area (TPSA) is 0 Å². The Morgan fingerprint density at radius 1 is 1.21 bits per heavy atom. The Balaban J connectivity index is 2.28. The van der Waals surface area contributed by atoms with Crippen LogP contribution < -0.4 is 0 Å². The first-order valence-corrected chi connectivity index (χ1v) is 7.81. The fourth-order valence-corrected chi connectivity index (χ4v) is 3.28. The van der Waals surface area contributed by atoms with Gasteiger partial charge in [0.1, 0.15) is 0 Å². The van der Waals surface area contributed by atoms with E-state index in [1.165, 1.54) is 6.07 Å². The molecule has 0 saturated heterocycles. The summed E-state index contributed by atoms with van der Waals surface area (Å²) in [5.41, 5.74) is 1.16. The molecule has 5 heteroatoms. The molecule has 0 radical (unpaired) electrons. The van der Waals surface area contributed by atoms with Gasteiger partial charge in [-0.25, -0.2) is 8.78 Å². The van der Waals surface area contributed by atoms with Crippen molar-refractivity contribution >= 4 is 50.1 Å². The third-order valence-corrected chi connectivity index (χ3v) is 4.51. The summed E-state index contributed by atoms with van der Waals surface area (Å²) in [4.78, 5) is 0. The van der Waals surface area contributed by atoms with Crippen LogP contribution in [0.5, 0.6) is 0 Å². The molecule has 100 valence electrons. The molecular formula is C14H9BrClF2I. The average molecular weight is 457 g/mol. The van der Waals surface area contributed by atoms with E-state index in [1.807, 2.05) is 18.2 Å². The molecule has 1 atom stereocenters. The summed E-state index contributed by atoms with van der Waals surface area (Å²) >= 11 is 11.9. The van der Waals surface area contributed by atoms with Crippen molar-refractivity contribution in [2.75, 3.05) is 0 Å². The number of hydrogen-bond acceptors (Lipinski definition) is 0. The zero-order valence-electron chi connectivity index (χ0n) is 9.64. The highest BCUT2D eigenvalue weighted by Crippen LogP contribution is 2.32. The molecule has 19 heavy (non-hydrogen) atoms. The molecule has 0 saturated carbocycles. The van der Waals surface area contributed by atoms with E-state index in [4.69, 9.17) is 11.6 Å². The first kappa shape index (κ1) is 15.2. The number of benzene rings is 2. The molecule has 0 aromatic heterocycles. The van der Waals surface area contributed by atoms with E-state index in [2.05, 4.69) is 38.5 Å². The van der Waals surface area contributed by atoms with Crippen LogP contribution in [0.4, 0.5) is 8.78 Å². The maximum Gasteiger partial charge on any atom is 0.162 e. The molecule has 1 unspecified atom stereocenters. The Bertz CT molecular complexity index is 604. The molecular weight excluding hydrogens is 448 g/mol. The minimum Gasteiger partial charge on any atom is -0.204 e. The lowest BCUT2D eigenvalue weighted by Crippen LogP contribution is -2.01. The summed E-state index contributed by atoms with van der Waals surface area (Å²) in [6.07, 6.45) is 0.240. The van der Waals surface area contributed by atoms with E-state index in [1.54, 1.807) is 6.07 Å². The fourth-order valence-electron chi connectivity index (χ4n) is 1.76. The van der Waals surface area contributed by atoms with Gasteiger partial charge in [0.15, 0.2) is 11.6 Å². The van der Waals surface area contributed by atoms with Crippen molar-refractivity contribution in [2.24, 2.45) is 0 Å². The van der Waals surface area contributed by atoms with Crippen LogP contribution >= 0.6 is 50.1 Å². The average Bonchev–Trinajstić information content (AvgIpc) is 2.38. The van der Waals surface area contributed by atoms with Crippen LogP contribution in [0.25, 0.3) is 0 Å². The van der Waals surface area contributed by atoms with Crippen molar-refractivity contribution in [3.8, 4) is 0 Å². The molecule has 2 aromatic carbocycles. The van der Waals surface area contributed by atoms with E-state index in [-0.39, 0.29) is 12.0 Å². The highest BCUT2D eigenvalue weighted by atomic mass is 127. The van der Waals surface area contributed by atoms with E-state index in [9.17, 15) is 8.78 Å². The Morgan fingerprint density at radius 2 is 1.95 bits per heavy atom.